The van der Waals surface area contributed by atoms with E-state index < -0.39 is 10.0 Å². The fourth-order valence-electron chi connectivity index (χ4n) is 4.68. The van der Waals surface area contributed by atoms with E-state index >= 15 is 0 Å². The molecule has 0 aliphatic carbocycles. The summed E-state index contributed by atoms with van der Waals surface area (Å²) in [7, 11) is -3.56. The highest BCUT2D eigenvalue weighted by Crippen LogP contribution is 2.24. The van der Waals surface area contributed by atoms with Gasteiger partial charge >= 0.3 is 0 Å². The fourth-order valence-corrected chi connectivity index (χ4v) is 6.30. The maximum absolute atomic E-state index is 13.3. The van der Waals surface area contributed by atoms with Crippen molar-refractivity contribution in [2.45, 2.75) is 32.6 Å². The van der Waals surface area contributed by atoms with Crippen LogP contribution in [-0.2, 0) is 10.0 Å². The molecule has 34 heavy (non-hydrogen) atoms. The average molecular weight is 484 g/mol. The highest BCUT2D eigenvalue weighted by Gasteiger charge is 2.30. The Bertz CT molecular complexity index is 1320. The van der Waals surface area contributed by atoms with Gasteiger partial charge in [-0.15, -0.1) is 0 Å². The van der Waals surface area contributed by atoms with Crippen molar-refractivity contribution < 1.29 is 17.6 Å². The van der Waals surface area contributed by atoms with Crippen LogP contribution in [0.15, 0.2) is 53.4 Å². The van der Waals surface area contributed by atoms with Crippen molar-refractivity contribution >= 4 is 15.8 Å². The number of rotatable bonds is 6. The topological polar surface area (TPSA) is 62.6 Å². The van der Waals surface area contributed by atoms with Gasteiger partial charge < -0.3 is 4.57 Å². The lowest BCUT2D eigenvalue weighted by molar-refractivity contribution is 0.0901. The van der Waals surface area contributed by atoms with Crippen molar-refractivity contribution in [3.8, 4) is 5.69 Å². The number of hydrogen-bond acceptors (Lipinski definition) is 4. The Morgan fingerprint density at radius 3 is 2.18 bits per heavy atom. The van der Waals surface area contributed by atoms with Gasteiger partial charge in [-0.1, -0.05) is 17.7 Å². The zero-order valence-electron chi connectivity index (χ0n) is 20.0. The third-order valence-corrected chi connectivity index (χ3v) is 8.52. The van der Waals surface area contributed by atoms with Crippen LogP contribution in [0.1, 0.15) is 32.9 Å². The molecule has 0 atom stereocenters. The van der Waals surface area contributed by atoms with Crippen molar-refractivity contribution in [2.24, 2.45) is 0 Å². The minimum atomic E-state index is -3.56. The monoisotopic (exact) mass is 483 g/mol. The molecule has 0 bridgehead atoms. The number of piperazine rings is 1. The Balaban J connectivity index is 1.43. The van der Waals surface area contributed by atoms with E-state index in [0.29, 0.717) is 36.6 Å². The molecule has 180 valence electrons. The normalized spacial score (nSPS) is 15.6. The molecule has 0 radical (unpaired) electrons. The number of ketones is 1. The largest absolute Gasteiger partial charge is 0.318 e. The molecule has 1 saturated heterocycles. The number of sulfonamides is 1. The van der Waals surface area contributed by atoms with Crippen LogP contribution < -0.4 is 0 Å². The maximum Gasteiger partial charge on any atom is 0.243 e. The molecule has 4 rings (SSSR count). The predicted molar refractivity (Wildman–Crippen MR) is 131 cm³/mol. The van der Waals surface area contributed by atoms with Gasteiger partial charge in [-0.25, -0.2) is 12.8 Å². The van der Waals surface area contributed by atoms with Gasteiger partial charge in [0, 0.05) is 48.8 Å². The van der Waals surface area contributed by atoms with Crippen LogP contribution in [0, 0.1) is 33.5 Å². The predicted octanol–water partition coefficient (Wildman–Crippen LogP) is 4.04. The molecule has 8 heteroatoms. The molecular formula is C26H30FN3O3S. The molecule has 6 nitrogen and oxygen atoms in total. The summed E-state index contributed by atoms with van der Waals surface area (Å²) in [4.78, 5) is 15.5. The third kappa shape index (κ3) is 4.71. The van der Waals surface area contributed by atoms with Gasteiger partial charge in [-0.3, -0.25) is 9.69 Å². The molecule has 0 N–H and O–H groups in total. The Labute approximate surface area is 200 Å². The number of aryl methyl sites for hydroxylation is 3. The summed E-state index contributed by atoms with van der Waals surface area (Å²) in [5, 5.41) is 0. The zero-order valence-corrected chi connectivity index (χ0v) is 20.8. The van der Waals surface area contributed by atoms with Crippen LogP contribution in [-0.4, -0.2) is 60.7 Å². The van der Waals surface area contributed by atoms with Gasteiger partial charge in [-0.05, 0) is 69.7 Å². The van der Waals surface area contributed by atoms with Crippen molar-refractivity contribution in [3.63, 3.8) is 0 Å². The van der Waals surface area contributed by atoms with E-state index in [9.17, 15) is 17.6 Å². The summed E-state index contributed by atoms with van der Waals surface area (Å²) in [6.07, 6.45) is 0. The molecule has 0 amide bonds. The summed E-state index contributed by atoms with van der Waals surface area (Å²) in [6.45, 7) is 9.47. The first kappa shape index (κ1) is 24.3. The number of benzene rings is 2. The van der Waals surface area contributed by atoms with Crippen molar-refractivity contribution in [1.82, 2.24) is 13.8 Å². The van der Waals surface area contributed by atoms with Crippen molar-refractivity contribution in [2.75, 3.05) is 32.7 Å². The highest BCUT2D eigenvalue weighted by molar-refractivity contribution is 7.89. The molecule has 3 aromatic rings. The molecule has 1 aliphatic rings. The minimum Gasteiger partial charge on any atom is -0.318 e. The molecule has 0 spiro atoms. The van der Waals surface area contributed by atoms with Crippen LogP contribution >= 0.6 is 0 Å². The maximum atomic E-state index is 13.3. The van der Waals surface area contributed by atoms with Gasteiger partial charge in [0.25, 0.3) is 0 Å². The smallest absolute Gasteiger partial charge is 0.243 e. The Morgan fingerprint density at radius 1 is 0.912 bits per heavy atom. The minimum absolute atomic E-state index is 0.00727. The molecule has 1 fully saturated rings. The molecular weight excluding hydrogens is 453 g/mol. The van der Waals surface area contributed by atoms with Crippen molar-refractivity contribution in [3.05, 3.63) is 82.4 Å². The lowest BCUT2D eigenvalue weighted by Crippen LogP contribution is -2.49. The first-order valence-corrected chi connectivity index (χ1v) is 12.8. The first-order chi connectivity index (χ1) is 16.1. The molecule has 2 heterocycles. The molecule has 1 aliphatic heterocycles. The van der Waals surface area contributed by atoms with E-state index in [2.05, 4.69) is 0 Å². The quantitative estimate of drug-likeness (QED) is 0.497. The van der Waals surface area contributed by atoms with E-state index in [4.69, 9.17) is 0 Å². The number of aromatic nitrogens is 1. The van der Waals surface area contributed by atoms with Crippen molar-refractivity contribution in [1.29, 1.82) is 0 Å². The summed E-state index contributed by atoms with van der Waals surface area (Å²) >= 11 is 0. The molecule has 2 aromatic carbocycles. The van der Waals surface area contributed by atoms with E-state index in [-0.39, 0.29) is 18.1 Å². The van der Waals surface area contributed by atoms with Crippen LogP contribution in [0.2, 0.25) is 0 Å². The first-order valence-electron chi connectivity index (χ1n) is 11.4. The van der Waals surface area contributed by atoms with Crippen LogP contribution in [0.5, 0.6) is 0 Å². The Morgan fingerprint density at radius 2 is 1.56 bits per heavy atom. The number of hydrogen-bond donors (Lipinski definition) is 0. The zero-order chi connectivity index (χ0) is 24.6. The summed E-state index contributed by atoms with van der Waals surface area (Å²) < 4.78 is 43.0. The van der Waals surface area contributed by atoms with E-state index in [1.54, 1.807) is 18.2 Å². The average Bonchev–Trinajstić information content (AvgIpc) is 3.08. The van der Waals surface area contributed by atoms with Gasteiger partial charge in [0.15, 0.2) is 5.78 Å². The third-order valence-electron chi connectivity index (χ3n) is 6.46. The second-order valence-electron chi connectivity index (χ2n) is 8.97. The SMILES string of the molecule is Cc1ccc(S(=O)(=O)N2CCN(CC(=O)c3cc(C)n(-c4ccc(F)cc4)c3C)CC2)c(C)c1. The van der Waals surface area contributed by atoms with Crippen LogP contribution in [0.25, 0.3) is 5.69 Å². The standard InChI is InChI=1S/C26H30FN3O3S/c1-18-5-10-26(19(2)15-18)34(32,33)29-13-11-28(12-14-29)17-25(31)24-16-20(3)30(21(24)4)23-8-6-22(27)7-9-23/h5-10,15-16H,11-14,17H2,1-4H3. The number of Topliss-reactive ketones (excluding diaryl/α,β-unsaturated/α-hetero) is 1. The number of carbonyl (C=O) groups is 1. The van der Waals surface area contributed by atoms with Crippen LogP contribution in [0.3, 0.4) is 0 Å². The number of halogens is 1. The lowest BCUT2D eigenvalue weighted by Gasteiger charge is -2.33. The second kappa shape index (κ2) is 9.44. The summed E-state index contributed by atoms with van der Waals surface area (Å²) in [6, 6.07) is 13.4. The van der Waals surface area contributed by atoms with Gasteiger partial charge in [0.05, 0.1) is 11.4 Å². The van der Waals surface area contributed by atoms with Gasteiger partial charge in [-0.2, -0.15) is 4.31 Å². The Kier molecular flexibility index (Phi) is 6.75. The summed E-state index contributed by atoms with van der Waals surface area (Å²) in [5.74, 6) is -0.312. The van der Waals surface area contributed by atoms with E-state index in [0.717, 1.165) is 28.2 Å². The molecule has 0 unspecified atom stereocenters. The lowest BCUT2D eigenvalue weighted by atomic mass is 10.1. The number of nitrogens with zero attached hydrogens (tertiary/aromatic N) is 3. The highest BCUT2D eigenvalue weighted by atomic mass is 32.2. The van der Waals surface area contributed by atoms with Gasteiger partial charge in [0.2, 0.25) is 10.0 Å². The van der Waals surface area contributed by atoms with Crippen LogP contribution in [0.4, 0.5) is 4.39 Å². The Hall–Kier alpha value is -2.81. The van der Waals surface area contributed by atoms with Gasteiger partial charge in [0.1, 0.15) is 5.82 Å². The molecule has 1 aromatic heterocycles. The van der Waals surface area contributed by atoms with E-state index in [1.807, 2.05) is 55.4 Å². The van der Waals surface area contributed by atoms with E-state index in [1.165, 1.54) is 16.4 Å². The molecule has 0 saturated carbocycles. The number of carbonyl (C=O) groups excluding carboxylic acids is 1. The summed E-state index contributed by atoms with van der Waals surface area (Å²) in [5.41, 5.74) is 4.92. The second-order valence-corrected chi connectivity index (χ2v) is 10.9. The fraction of sp³-hybridized carbons (Fsp3) is 0.346.